The standard InChI is InChI=1S/C28H20N3O.C13H12N.Ir/c1-16-9-12-24-21(8-5-13-29-24)26(16)23-14-25(30-15-17(23)2)22-7-4-6-19-20-11-10-18(3)31-28(20)32-27(19)22;1-10-3-6-12(7-4-10)13-8-5-11(2)9-14-13;/h4-6,8-15H,1-3H3;3-6,8-9H,1-2H3;/q2*-1;. The maximum Gasteiger partial charge on any atom is 0.216 e. The fraction of sp³-hybridized carbons (Fsp3) is 0.122. The first-order chi connectivity index (χ1) is 22.4. The average Bonchev–Trinajstić information content (AvgIpc) is 3.44. The van der Waals surface area contributed by atoms with E-state index in [2.05, 4.69) is 90.3 Å². The van der Waals surface area contributed by atoms with E-state index in [0.29, 0.717) is 5.71 Å². The van der Waals surface area contributed by atoms with Crippen molar-refractivity contribution >= 4 is 33.0 Å². The Balaban J connectivity index is 0.000000217. The van der Waals surface area contributed by atoms with Gasteiger partial charge in [0.25, 0.3) is 0 Å². The molecule has 5 nitrogen and oxygen atoms in total. The van der Waals surface area contributed by atoms with Gasteiger partial charge in [0, 0.05) is 55.2 Å². The Bertz CT molecular complexity index is 2320. The molecule has 1 radical (unpaired) electrons. The molecule has 0 saturated heterocycles. The van der Waals surface area contributed by atoms with Gasteiger partial charge in [-0.05, 0) is 91.2 Å². The van der Waals surface area contributed by atoms with Crippen molar-refractivity contribution in [1.29, 1.82) is 0 Å². The molecule has 233 valence electrons. The van der Waals surface area contributed by atoms with Crippen molar-refractivity contribution in [2.45, 2.75) is 34.6 Å². The Morgan fingerprint density at radius 1 is 0.660 bits per heavy atom. The molecule has 0 spiro atoms. The second-order valence-electron chi connectivity index (χ2n) is 11.7. The largest absolute Gasteiger partial charge is 0.486 e. The molecule has 8 rings (SSSR count). The minimum absolute atomic E-state index is 0. The van der Waals surface area contributed by atoms with Crippen molar-refractivity contribution in [3.05, 3.63) is 144 Å². The summed E-state index contributed by atoms with van der Waals surface area (Å²) in [5, 5.41) is 3.17. The van der Waals surface area contributed by atoms with Gasteiger partial charge in [0.05, 0.1) is 11.1 Å². The number of benzene rings is 3. The molecular weight excluding hydrogens is 757 g/mol. The molecule has 0 fully saturated rings. The molecule has 6 heteroatoms. The van der Waals surface area contributed by atoms with Gasteiger partial charge in [-0.1, -0.05) is 48.2 Å². The molecular formula is C41H32IrN4O-2. The van der Waals surface area contributed by atoms with Crippen LogP contribution in [0.5, 0.6) is 0 Å². The van der Waals surface area contributed by atoms with Gasteiger partial charge in [0.1, 0.15) is 0 Å². The predicted octanol–water partition coefficient (Wildman–Crippen LogP) is 10.1. The van der Waals surface area contributed by atoms with Gasteiger partial charge >= 0.3 is 0 Å². The molecule has 0 amide bonds. The summed E-state index contributed by atoms with van der Waals surface area (Å²) in [4.78, 5) is 18.2. The minimum Gasteiger partial charge on any atom is -0.486 e. The third-order valence-corrected chi connectivity index (χ3v) is 8.22. The number of hydrogen-bond acceptors (Lipinski definition) is 5. The fourth-order valence-corrected chi connectivity index (χ4v) is 5.74. The first kappa shape index (κ1) is 31.9. The number of aromatic nitrogens is 4. The van der Waals surface area contributed by atoms with E-state index in [4.69, 9.17) is 9.40 Å². The van der Waals surface area contributed by atoms with Crippen LogP contribution in [0, 0.1) is 46.8 Å². The van der Waals surface area contributed by atoms with E-state index >= 15 is 0 Å². The molecule has 0 aliphatic rings. The topological polar surface area (TPSA) is 64.7 Å². The average molecular weight is 789 g/mol. The van der Waals surface area contributed by atoms with E-state index in [1.54, 1.807) is 0 Å². The molecule has 0 atom stereocenters. The first-order valence-electron chi connectivity index (χ1n) is 15.3. The normalized spacial score (nSPS) is 10.9. The smallest absolute Gasteiger partial charge is 0.216 e. The summed E-state index contributed by atoms with van der Waals surface area (Å²) >= 11 is 0. The van der Waals surface area contributed by atoms with Gasteiger partial charge in [-0.3, -0.25) is 4.98 Å². The maximum absolute atomic E-state index is 6.20. The van der Waals surface area contributed by atoms with Gasteiger partial charge in [-0.2, -0.15) is 0 Å². The van der Waals surface area contributed by atoms with Crippen molar-refractivity contribution in [2.24, 2.45) is 0 Å². The van der Waals surface area contributed by atoms with Crippen molar-refractivity contribution in [1.82, 2.24) is 19.9 Å². The molecule has 47 heavy (non-hydrogen) atoms. The van der Waals surface area contributed by atoms with Crippen LogP contribution in [0.3, 0.4) is 0 Å². The van der Waals surface area contributed by atoms with E-state index in [-0.39, 0.29) is 20.1 Å². The van der Waals surface area contributed by atoms with E-state index in [0.717, 1.165) is 66.6 Å². The monoisotopic (exact) mass is 789 g/mol. The summed E-state index contributed by atoms with van der Waals surface area (Å²) in [6.45, 7) is 10.3. The van der Waals surface area contributed by atoms with E-state index in [1.165, 1.54) is 22.3 Å². The summed E-state index contributed by atoms with van der Waals surface area (Å²) < 4.78 is 6.20. The zero-order chi connectivity index (χ0) is 31.8. The molecule has 0 aliphatic carbocycles. The second-order valence-corrected chi connectivity index (χ2v) is 11.7. The van der Waals surface area contributed by atoms with Crippen LogP contribution < -0.4 is 0 Å². The number of aryl methyl sites for hydroxylation is 5. The number of nitrogens with zero attached hydrogens (tertiary/aromatic N) is 4. The Labute approximate surface area is 288 Å². The third-order valence-electron chi connectivity index (χ3n) is 8.22. The molecule has 5 heterocycles. The predicted molar refractivity (Wildman–Crippen MR) is 187 cm³/mol. The first-order valence-corrected chi connectivity index (χ1v) is 15.3. The van der Waals surface area contributed by atoms with Crippen molar-refractivity contribution < 1.29 is 24.5 Å². The number of fused-ring (bicyclic) bond motifs is 4. The Morgan fingerprint density at radius 2 is 1.49 bits per heavy atom. The van der Waals surface area contributed by atoms with E-state index < -0.39 is 0 Å². The van der Waals surface area contributed by atoms with Crippen molar-refractivity contribution in [3.8, 4) is 33.6 Å². The fourth-order valence-electron chi connectivity index (χ4n) is 5.74. The van der Waals surface area contributed by atoms with Crippen LogP contribution in [0.2, 0.25) is 0 Å². The van der Waals surface area contributed by atoms with Crippen LogP contribution in [0.1, 0.15) is 27.9 Å². The van der Waals surface area contributed by atoms with Crippen LogP contribution >= 0.6 is 0 Å². The Morgan fingerprint density at radius 3 is 2.28 bits per heavy atom. The summed E-state index contributed by atoms with van der Waals surface area (Å²) in [5.74, 6) is 0. The maximum atomic E-state index is 6.20. The van der Waals surface area contributed by atoms with E-state index in [1.807, 2.05) is 74.9 Å². The Hall–Kier alpha value is -5.03. The molecule has 5 aromatic heterocycles. The molecule has 0 aliphatic heterocycles. The van der Waals surface area contributed by atoms with Crippen LogP contribution in [-0.2, 0) is 20.1 Å². The number of rotatable bonds is 3. The summed E-state index contributed by atoms with van der Waals surface area (Å²) in [6.07, 6.45) is 5.64. The molecule has 3 aromatic carbocycles. The number of furan rings is 1. The number of pyridine rings is 4. The zero-order valence-electron chi connectivity index (χ0n) is 26.8. The van der Waals surface area contributed by atoms with E-state index in [9.17, 15) is 0 Å². The van der Waals surface area contributed by atoms with Gasteiger partial charge in [0.2, 0.25) is 5.71 Å². The Kier molecular flexibility index (Phi) is 9.08. The molecule has 0 N–H and O–H groups in total. The third kappa shape index (κ3) is 6.35. The molecule has 8 aromatic rings. The van der Waals surface area contributed by atoms with Crippen LogP contribution in [0.4, 0.5) is 0 Å². The zero-order valence-corrected chi connectivity index (χ0v) is 29.2. The van der Waals surface area contributed by atoms with Crippen LogP contribution in [-0.4, -0.2) is 19.9 Å². The quantitative estimate of drug-likeness (QED) is 0.167. The van der Waals surface area contributed by atoms with Crippen LogP contribution in [0.15, 0.2) is 108 Å². The SMILES string of the molecule is Cc1c[c-]c(-c2ccc(C)cn2)cc1.Cc1ccc2c(n1)oc1c(-c3cc(-c4c(C)ccc5ncccc45)c(C)cn3)[c-]ccc12.[Ir]. The van der Waals surface area contributed by atoms with Gasteiger partial charge in [0.15, 0.2) is 0 Å². The van der Waals surface area contributed by atoms with Crippen LogP contribution in [0.25, 0.3) is 66.6 Å². The van der Waals surface area contributed by atoms with Crippen molar-refractivity contribution in [3.63, 3.8) is 0 Å². The second kappa shape index (κ2) is 13.4. The minimum atomic E-state index is 0. The van der Waals surface area contributed by atoms with Gasteiger partial charge in [-0.25, -0.2) is 4.98 Å². The summed E-state index contributed by atoms with van der Waals surface area (Å²) in [6, 6.07) is 35.3. The van der Waals surface area contributed by atoms with Crippen molar-refractivity contribution in [2.75, 3.05) is 0 Å². The molecule has 0 saturated carbocycles. The van der Waals surface area contributed by atoms with Gasteiger partial charge < -0.3 is 14.4 Å². The van der Waals surface area contributed by atoms with Gasteiger partial charge in [-0.15, -0.1) is 53.6 Å². The number of hydrogen-bond donors (Lipinski definition) is 0. The summed E-state index contributed by atoms with van der Waals surface area (Å²) in [5.41, 5.74) is 14.1. The molecule has 0 unspecified atom stereocenters. The molecule has 0 bridgehead atoms. The summed E-state index contributed by atoms with van der Waals surface area (Å²) in [7, 11) is 0.